The molecular weight excluding hydrogens is 316 g/mol. The van der Waals surface area contributed by atoms with E-state index in [4.69, 9.17) is 0 Å². The Kier molecular flexibility index (Phi) is 13.5. The molecule has 0 radical (unpaired) electrons. The number of carbonyl (C=O) groups excluding carboxylic acids is 2. The molecule has 0 aromatic carbocycles. The Hall–Kier alpha value is -1.06. The first-order chi connectivity index (χ1) is 11.9. The first kappa shape index (κ1) is 23.9. The average molecular weight is 355 g/mol. The summed E-state index contributed by atoms with van der Waals surface area (Å²) in [6.07, 6.45) is 15.1. The number of unbranched alkanes of at least 4 members (excludes halogenated alkanes) is 10. The summed E-state index contributed by atoms with van der Waals surface area (Å²) in [4.78, 5) is 22.5. The quantitative estimate of drug-likeness (QED) is 0.295. The van der Waals surface area contributed by atoms with Crippen LogP contribution in [-0.4, -0.2) is 11.9 Å². The van der Waals surface area contributed by atoms with Crippen molar-refractivity contribution in [3.05, 3.63) is 0 Å². The number of carboxylic acids is 2. The molecule has 0 heterocycles. The highest BCUT2D eigenvalue weighted by Gasteiger charge is 2.36. The molecular formula is C21H38O4-2. The Morgan fingerprint density at radius 1 is 0.680 bits per heavy atom. The monoisotopic (exact) mass is 354 g/mol. The van der Waals surface area contributed by atoms with Gasteiger partial charge in [0.15, 0.2) is 0 Å². The van der Waals surface area contributed by atoms with Crippen molar-refractivity contribution in [3.8, 4) is 0 Å². The first-order valence-electron chi connectivity index (χ1n) is 10.4. The maximum atomic E-state index is 11.3. The molecule has 0 aliphatic rings. The lowest BCUT2D eigenvalue weighted by Crippen LogP contribution is -2.52. The van der Waals surface area contributed by atoms with E-state index >= 15 is 0 Å². The number of rotatable bonds is 17. The zero-order chi connectivity index (χ0) is 19.1. The average Bonchev–Trinajstić information content (AvgIpc) is 2.57. The molecule has 148 valence electrons. The summed E-state index contributed by atoms with van der Waals surface area (Å²) in [7, 11) is 0. The van der Waals surface area contributed by atoms with Crippen LogP contribution in [-0.2, 0) is 9.59 Å². The van der Waals surface area contributed by atoms with Crippen LogP contribution in [0.5, 0.6) is 0 Å². The Morgan fingerprint density at radius 3 is 1.36 bits per heavy atom. The SMILES string of the molecule is CCCCCCCCCCCCCC(CC)(CC)C(C(=O)[O-])C(=O)[O-]. The Bertz CT molecular complexity index is 347. The van der Waals surface area contributed by atoms with Crippen LogP contribution in [0.3, 0.4) is 0 Å². The fourth-order valence-electron chi connectivity index (χ4n) is 3.89. The predicted octanol–water partition coefficient (Wildman–Crippen LogP) is 3.61. The van der Waals surface area contributed by atoms with Crippen LogP contribution < -0.4 is 10.2 Å². The van der Waals surface area contributed by atoms with E-state index in [2.05, 4.69) is 6.92 Å². The molecule has 0 aliphatic carbocycles. The highest BCUT2D eigenvalue weighted by Crippen LogP contribution is 2.40. The lowest BCUT2D eigenvalue weighted by atomic mass is 9.68. The van der Waals surface area contributed by atoms with Crippen LogP contribution in [0.4, 0.5) is 0 Å². The summed E-state index contributed by atoms with van der Waals surface area (Å²) in [6.45, 7) is 5.95. The van der Waals surface area contributed by atoms with Gasteiger partial charge >= 0.3 is 0 Å². The van der Waals surface area contributed by atoms with Crippen molar-refractivity contribution < 1.29 is 19.8 Å². The van der Waals surface area contributed by atoms with Crippen molar-refractivity contribution in [2.75, 3.05) is 0 Å². The molecule has 0 amide bonds. The van der Waals surface area contributed by atoms with E-state index in [0.29, 0.717) is 19.3 Å². The fraction of sp³-hybridized carbons (Fsp3) is 0.905. The predicted molar refractivity (Wildman–Crippen MR) is 97.6 cm³/mol. The standard InChI is InChI=1S/C21H40O4/c1-4-7-8-9-10-11-12-13-14-15-16-17-21(5-2,6-3)18(19(22)23)20(24)25/h18H,4-17H2,1-3H3,(H,22,23)(H,24,25)/p-2. The number of carboxylic acid groups (broad SMARTS) is 2. The molecule has 25 heavy (non-hydrogen) atoms. The molecule has 0 fully saturated rings. The molecule has 0 aromatic heterocycles. The Labute approximate surface area is 154 Å². The van der Waals surface area contributed by atoms with Gasteiger partial charge in [-0.15, -0.1) is 0 Å². The summed E-state index contributed by atoms with van der Waals surface area (Å²) in [6, 6.07) is 0. The molecule has 4 heteroatoms. The number of carbonyl (C=O) groups is 2. The molecule has 0 rings (SSSR count). The van der Waals surface area contributed by atoms with Crippen LogP contribution in [0.1, 0.15) is 111 Å². The largest absolute Gasteiger partial charge is 0.549 e. The minimum atomic E-state index is -1.51. The summed E-state index contributed by atoms with van der Waals surface area (Å²) in [5, 5.41) is 22.5. The number of hydrogen-bond acceptors (Lipinski definition) is 4. The number of hydrogen-bond donors (Lipinski definition) is 0. The van der Waals surface area contributed by atoms with Gasteiger partial charge in [-0.1, -0.05) is 91.4 Å². The maximum absolute atomic E-state index is 11.3. The summed E-state index contributed by atoms with van der Waals surface area (Å²) >= 11 is 0. The summed E-state index contributed by atoms with van der Waals surface area (Å²) in [5.74, 6) is -4.52. The van der Waals surface area contributed by atoms with E-state index in [1.165, 1.54) is 51.4 Å². The lowest BCUT2D eigenvalue weighted by molar-refractivity contribution is -0.338. The van der Waals surface area contributed by atoms with Crippen molar-refractivity contribution in [3.63, 3.8) is 0 Å². The van der Waals surface area contributed by atoms with Gasteiger partial charge in [-0.05, 0) is 24.7 Å². The van der Waals surface area contributed by atoms with Gasteiger partial charge in [0.25, 0.3) is 0 Å². The topological polar surface area (TPSA) is 80.3 Å². The van der Waals surface area contributed by atoms with E-state index in [-0.39, 0.29) is 0 Å². The molecule has 0 aliphatic heterocycles. The van der Waals surface area contributed by atoms with E-state index in [0.717, 1.165) is 19.3 Å². The molecule has 4 nitrogen and oxygen atoms in total. The van der Waals surface area contributed by atoms with Crippen LogP contribution in [0.2, 0.25) is 0 Å². The molecule has 0 aromatic rings. The number of aliphatic carboxylic acids is 2. The second-order valence-corrected chi connectivity index (χ2v) is 7.43. The minimum Gasteiger partial charge on any atom is -0.549 e. The third kappa shape index (κ3) is 9.27. The normalized spacial score (nSPS) is 11.8. The van der Waals surface area contributed by atoms with E-state index in [1.54, 1.807) is 0 Å². The Morgan fingerprint density at radius 2 is 1.04 bits per heavy atom. The zero-order valence-electron chi connectivity index (χ0n) is 16.6. The van der Waals surface area contributed by atoms with Gasteiger partial charge in [0.1, 0.15) is 0 Å². The van der Waals surface area contributed by atoms with E-state index in [9.17, 15) is 19.8 Å². The van der Waals surface area contributed by atoms with Crippen LogP contribution in [0.15, 0.2) is 0 Å². The van der Waals surface area contributed by atoms with Gasteiger partial charge < -0.3 is 19.8 Å². The molecule has 0 saturated heterocycles. The van der Waals surface area contributed by atoms with Gasteiger partial charge in [0, 0.05) is 5.92 Å². The van der Waals surface area contributed by atoms with Crippen LogP contribution in [0.25, 0.3) is 0 Å². The van der Waals surface area contributed by atoms with Crippen LogP contribution in [0, 0.1) is 11.3 Å². The second kappa shape index (κ2) is 14.1. The zero-order valence-corrected chi connectivity index (χ0v) is 16.6. The van der Waals surface area contributed by atoms with Gasteiger partial charge in [0.05, 0.1) is 11.9 Å². The smallest absolute Gasteiger partial charge is 0.0507 e. The van der Waals surface area contributed by atoms with E-state index in [1.807, 2.05) is 13.8 Å². The highest BCUT2D eigenvalue weighted by atomic mass is 16.4. The molecule has 0 spiro atoms. The van der Waals surface area contributed by atoms with Crippen molar-refractivity contribution in [2.24, 2.45) is 11.3 Å². The molecule has 0 N–H and O–H groups in total. The maximum Gasteiger partial charge on any atom is 0.0507 e. The van der Waals surface area contributed by atoms with Crippen molar-refractivity contribution in [1.82, 2.24) is 0 Å². The molecule has 0 bridgehead atoms. The Balaban J connectivity index is 4.05. The third-order valence-electron chi connectivity index (χ3n) is 5.77. The van der Waals surface area contributed by atoms with Crippen molar-refractivity contribution in [2.45, 2.75) is 111 Å². The van der Waals surface area contributed by atoms with Crippen molar-refractivity contribution >= 4 is 11.9 Å². The van der Waals surface area contributed by atoms with Crippen molar-refractivity contribution in [1.29, 1.82) is 0 Å². The van der Waals surface area contributed by atoms with Gasteiger partial charge in [0.2, 0.25) is 0 Å². The minimum absolute atomic E-state index is 0.522. The fourth-order valence-corrected chi connectivity index (χ4v) is 3.89. The molecule has 0 saturated carbocycles. The lowest BCUT2D eigenvalue weighted by Gasteiger charge is -2.41. The molecule has 0 atom stereocenters. The highest BCUT2D eigenvalue weighted by molar-refractivity contribution is 5.91. The van der Waals surface area contributed by atoms with Gasteiger partial charge in [-0.2, -0.15) is 0 Å². The second-order valence-electron chi connectivity index (χ2n) is 7.43. The van der Waals surface area contributed by atoms with Gasteiger partial charge in [-0.25, -0.2) is 0 Å². The van der Waals surface area contributed by atoms with Gasteiger partial charge in [-0.3, -0.25) is 0 Å². The molecule has 0 unspecified atom stereocenters. The summed E-state index contributed by atoms with van der Waals surface area (Å²) in [5.41, 5.74) is -0.739. The third-order valence-corrected chi connectivity index (χ3v) is 5.77. The first-order valence-corrected chi connectivity index (χ1v) is 10.4. The van der Waals surface area contributed by atoms with Crippen LogP contribution >= 0.6 is 0 Å². The summed E-state index contributed by atoms with van der Waals surface area (Å²) < 4.78 is 0. The van der Waals surface area contributed by atoms with E-state index < -0.39 is 23.3 Å².